The molecule has 5 nitrogen and oxygen atoms in total. The van der Waals surface area contributed by atoms with Gasteiger partial charge in [0.05, 0.1) is 25.0 Å². The molecule has 0 aliphatic carbocycles. The molecule has 2 rings (SSSR count). The average molecular weight is 266 g/mol. The maximum absolute atomic E-state index is 5.75. The lowest BCUT2D eigenvalue weighted by Gasteiger charge is -2.16. The highest BCUT2D eigenvalue weighted by molar-refractivity contribution is 5.63. The Kier molecular flexibility index (Phi) is 4.87. The van der Waals surface area contributed by atoms with Crippen molar-refractivity contribution >= 4 is 11.4 Å². The first kappa shape index (κ1) is 14.0. The van der Waals surface area contributed by atoms with Gasteiger partial charge in [0.25, 0.3) is 0 Å². The molecular formula is C14H22N2O3. The van der Waals surface area contributed by atoms with E-state index in [0.717, 1.165) is 17.1 Å². The van der Waals surface area contributed by atoms with Crippen molar-refractivity contribution < 1.29 is 14.2 Å². The molecule has 0 unspecified atom stereocenters. The molecule has 1 aliphatic heterocycles. The van der Waals surface area contributed by atoms with E-state index >= 15 is 0 Å². The summed E-state index contributed by atoms with van der Waals surface area (Å²) in [4.78, 5) is 0. The van der Waals surface area contributed by atoms with Crippen LogP contribution in [-0.2, 0) is 9.47 Å². The molecule has 0 radical (unpaired) electrons. The van der Waals surface area contributed by atoms with Crippen molar-refractivity contribution in [1.29, 1.82) is 0 Å². The Morgan fingerprint density at radius 3 is 3.05 bits per heavy atom. The van der Waals surface area contributed by atoms with Crippen molar-refractivity contribution in [2.75, 3.05) is 37.4 Å². The summed E-state index contributed by atoms with van der Waals surface area (Å²) < 4.78 is 16.9. The Bertz CT molecular complexity index is 410. The van der Waals surface area contributed by atoms with Gasteiger partial charge in [-0.1, -0.05) is 0 Å². The van der Waals surface area contributed by atoms with Gasteiger partial charge in [0, 0.05) is 12.2 Å². The number of nitrogen functional groups attached to an aromatic ring is 1. The van der Waals surface area contributed by atoms with E-state index in [1.165, 1.54) is 0 Å². The maximum atomic E-state index is 5.75. The molecule has 0 saturated carbocycles. The number of ether oxygens (including phenoxy) is 3. The second-order valence-corrected chi connectivity index (χ2v) is 4.86. The monoisotopic (exact) mass is 266 g/mol. The molecule has 5 heteroatoms. The Hall–Kier alpha value is -1.46. The quantitative estimate of drug-likeness (QED) is 0.629. The Morgan fingerprint density at radius 2 is 2.26 bits per heavy atom. The summed E-state index contributed by atoms with van der Waals surface area (Å²) in [6.45, 7) is 6.44. The summed E-state index contributed by atoms with van der Waals surface area (Å²) in [5.41, 5.74) is 7.39. The third-order valence-electron chi connectivity index (χ3n) is 2.84. The summed E-state index contributed by atoms with van der Waals surface area (Å²) >= 11 is 0. The summed E-state index contributed by atoms with van der Waals surface area (Å²) in [5.74, 6) is 0.818. The molecule has 1 aromatic carbocycles. The van der Waals surface area contributed by atoms with Crippen molar-refractivity contribution in [2.24, 2.45) is 0 Å². The minimum atomic E-state index is 0.0180. The van der Waals surface area contributed by atoms with Crippen LogP contribution in [0.4, 0.5) is 11.4 Å². The van der Waals surface area contributed by atoms with E-state index in [-0.39, 0.29) is 12.2 Å². The first-order valence-electron chi connectivity index (χ1n) is 6.64. The average Bonchev–Trinajstić information content (AvgIpc) is 2.57. The van der Waals surface area contributed by atoms with Crippen LogP contribution in [0, 0.1) is 0 Å². The normalized spacial score (nSPS) is 18.4. The van der Waals surface area contributed by atoms with Crippen molar-refractivity contribution in [3.63, 3.8) is 0 Å². The third-order valence-corrected chi connectivity index (χ3v) is 2.84. The predicted molar refractivity (Wildman–Crippen MR) is 75.7 cm³/mol. The van der Waals surface area contributed by atoms with E-state index < -0.39 is 0 Å². The number of hydrogen-bond donors (Lipinski definition) is 2. The lowest BCUT2D eigenvalue weighted by Crippen LogP contribution is -2.29. The fourth-order valence-corrected chi connectivity index (χ4v) is 1.88. The van der Waals surface area contributed by atoms with Crippen LogP contribution in [0.25, 0.3) is 0 Å². The van der Waals surface area contributed by atoms with Gasteiger partial charge < -0.3 is 25.3 Å². The van der Waals surface area contributed by atoms with Gasteiger partial charge in [0.1, 0.15) is 18.5 Å². The second-order valence-electron chi connectivity index (χ2n) is 4.86. The van der Waals surface area contributed by atoms with Crippen LogP contribution in [0.5, 0.6) is 5.75 Å². The largest absolute Gasteiger partial charge is 0.489 e. The number of fused-ring (bicyclic) bond motifs is 1. The number of nitrogens with two attached hydrogens (primary N) is 1. The maximum Gasteiger partial charge on any atom is 0.142 e. The Balaban J connectivity index is 1.79. The van der Waals surface area contributed by atoms with E-state index in [2.05, 4.69) is 5.32 Å². The highest BCUT2D eigenvalue weighted by Crippen LogP contribution is 2.28. The summed E-state index contributed by atoms with van der Waals surface area (Å²) in [5, 5.41) is 3.29. The van der Waals surface area contributed by atoms with Gasteiger partial charge in [-0.2, -0.15) is 0 Å². The van der Waals surface area contributed by atoms with Gasteiger partial charge in [0.15, 0.2) is 0 Å². The first-order chi connectivity index (χ1) is 9.15. The van der Waals surface area contributed by atoms with Crippen LogP contribution in [-0.4, -0.2) is 38.6 Å². The zero-order chi connectivity index (χ0) is 13.7. The first-order valence-corrected chi connectivity index (χ1v) is 6.64. The Morgan fingerprint density at radius 1 is 1.42 bits per heavy atom. The molecule has 1 heterocycles. The standard InChI is InChI=1S/C14H22N2O3/c1-10(2)17-5-6-18-12-8-16-13-7-11(15)3-4-14(13)19-9-12/h3-4,7,10,12,16H,5-6,8-9,15H2,1-2H3/t12-/m0/s1. The Labute approximate surface area is 114 Å². The van der Waals surface area contributed by atoms with Crippen LogP contribution in [0.2, 0.25) is 0 Å². The summed E-state index contributed by atoms with van der Waals surface area (Å²) in [6.07, 6.45) is 0.253. The molecule has 1 aliphatic rings. The highest BCUT2D eigenvalue weighted by atomic mass is 16.6. The molecule has 0 saturated heterocycles. The molecule has 106 valence electrons. The molecule has 0 spiro atoms. The predicted octanol–water partition coefficient (Wildman–Crippen LogP) is 1.88. The smallest absolute Gasteiger partial charge is 0.142 e. The molecule has 0 fully saturated rings. The molecule has 19 heavy (non-hydrogen) atoms. The molecule has 1 aromatic rings. The zero-order valence-corrected chi connectivity index (χ0v) is 11.5. The van der Waals surface area contributed by atoms with E-state index in [1.807, 2.05) is 32.0 Å². The minimum absolute atomic E-state index is 0.0180. The van der Waals surface area contributed by atoms with Gasteiger partial charge in [-0.15, -0.1) is 0 Å². The molecule has 3 N–H and O–H groups in total. The lowest BCUT2D eigenvalue weighted by atomic mass is 10.2. The number of anilines is 2. The third kappa shape index (κ3) is 4.29. The molecule has 0 amide bonds. The van der Waals surface area contributed by atoms with Gasteiger partial charge in [0.2, 0.25) is 0 Å². The molecule has 1 atom stereocenters. The molecular weight excluding hydrogens is 244 g/mol. The van der Waals surface area contributed by atoms with Crippen molar-refractivity contribution in [3.05, 3.63) is 18.2 Å². The summed E-state index contributed by atoms with van der Waals surface area (Å²) in [7, 11) is 0. The van der Waals surface area contributed by atoms with Gasteiger partial charge >= 0.3 is 0 Å². The molecule has 0 bridgehead atoms. The molecule has 0 aromatic heterocycles. The highest BCUT2D eigenvalue weighted by Gasteiger charge is 2.17. The number of hydrogen-bond acceptors (Lipinski definition) is 5. The van der Waals surface area contributed by atoms with Crippen molar-refractivity contribution in [3.8, 4) is 5.75 Å². The zero-order valence-electron chi connectivity index (χ0n) is 11.5. The van der Waals surface area contributed by atoms with Crippen LogP contribution >= 0.6 is 0 Å². The SMILES string of the molecule is CC(C)OCCO[C@H]1CNc2cc(N)ccc2OC1. The van der Waals surface area contributed by atoms with Crippen LogP contribution in [0.1, 0.15) is 13.8 Å². The van der Waals surface area contributed by atoms with Gasteiger partial charge in [-0.05, 0) is 32.0 Å². The van der Waals surface area contributed by atoms with Crippen LogP contribution in [0.15, 0.2) is 18.2 Å². The van der Waals surface area contributed by atoms with Gasteiger partial charge in [-0.3, -0.25) is 0 Å². The van der Waals surface area contributed by atoms with E-state index in [9.17, 15) is 0 Å². The minimum Gasteiger partial charge on any atom is -0.489 e. The lowest BCUT2D eigenvalue weighted by molar-refractivity contribution is -0.0207. The van der Waals surface area contributed by atoms with Crippen molar-refractivity contribution in [2.45, 2.75) is 26.1 Å². The van der Waals surface area contributed by atoms with Gasteiger partial charge in [-0.25, -0.2) is 0 Å². The van der Waals surface area contributed by atoms with Crippen molar-refractivity contribution in [1.82, 2.24) is 0 Å². The van der Waals surface area contributed by atoms with Crippen LogP contribution < -0.4 is 15.8 Å². The second kappa shape index (κ2) is 6.63. The van der Waals surface area contributed by atoms with Crippen LogP contribution in [0.3, 0.4) is 0 Å². The number of nitrogens with one attached hydrogen (secondary N) is 1. The number of rotatable bonds is 5. The fourth-order valence-electron chi connectivity index (χ4n) is 1.88. The van der Waals surface area contributed by atoms with E-state index in [4.69, 9.17) is 19.9 Å². The number of benzene rings is 1. The fraction of sp³-hybridized carbons (Fsp3) is 0.571. The van der Waals surface area contributed by atoms with E-state index in [0.29, 0.717) is 26.4 Å². The topological polar surface area (TPSA) is 65.7 Å². The summed E-state index contributed by atoms with van der Waals surface area (Å²) in [6, 6.07) is 5.58. The van der Waals surface area contributed by atoms with E-state index in [1.54, 1.807) is 0 Å².